The summed E-state index contributed by atoms with van der Waals surface area (Å²) in [5, 5.41) is 7.28. The van der Waals surface area contributed by atoms with Crippen LogP contribution in [0.15, 0.2) is 30.3 Å². The molecule has 0 aliphatic carbocycles. The number of rotatable bonds is 3. The number of aromatic nitrogens is 2. The summed E-state index contributed by atoms with van der Waals surface area (Å²) in [4.78, 5) is 12.0. The zero-order valence-corrected chi connectivity index (χ0v) is 16.7. The van der Waals surface area contributed by atoms with Crippen LogP contribution < -0.4 is 5.32 Å². The Morgan fingerprint density at radius 3 is 2.48 bits per heavy atom. The van der Waals surface area contributed by atoms with Gasteiger partial charge < -0.3 is 4.74 Å². The molecule has 0 bridgehead atoms. The number of amides is 1. The van der Waals surface area contributed by atoms with E-state index in [0.29, 0.717) is 5.82 Å². The molecule has 1 aromatic carbocycles. The van der Waals surface area contributed by atoms with Crippen LogP contribution in [-0.4, -0.2) is 26.3 Å². The minimum absolute atomic E-state index is 0.188. The molecule has 1 N–H and O–H groups in total. The van der Waals surface area contributed by atoms with Crippen molar-refractivity contribution in [3.8, 4) is 5.69 Å². The molecule has 0 saturated heterocycles. The fraction of sp³-hybridized carbons (Fsp3) is 0.412. The molecule has 2 rings (SSSR count). The SMILES string of the molecule is Cc1cccc(-n2nc(C(C)(C)C)cc2NC(=O)OCC(Cl)(Cl)Cl)c1. The van der Waals surface area contributed by atoms with Crippen LogP contribution in [0.4, 0.5) is 10.6 Å². The van der Waals surface area contributed by atoms with Crippen LogP contribution in [0.2, 0.25) is 0 Å². The van der Waals surface area contributed by atoms with Gasteiger partial charge in [-0.1, -0.05) is 67.7 Å². The first-order valence-electron chi connectivity index (χ1n) is 7.64. The fourth-order valence-electron chi connectivity index (χ4n) is 2.08. The van der Waals surface area contributed by atoms with E-state index in [1.54, 1.807) is 10.7 Å². The van der Waals surface area contributed by atoms with E-state index in [1.165, 1.54) is 0 Å². The van der Waals surface area contributed by atoms with Gasteiger partial charge in [0, 0.05) is 11.5 Å². The van der Waals surface area contributed by atoms with E-state index in [0.717, 1.165) is 16.9 Å². The third-order valence-corrected chi connectivity index (χ3v) is 3.65. The number of halogens is 3. The first kappa shape index (κ1) is 19.9. The molecule has 0 saturated carbocycles. The molecule has 5 nitrogen and oxygen atoms in total. The van der Waals surface area contributed by atoms with Gasteiger partial charge in [0.1, 0.15) is 12.4 Å². The second-order valence-corrected chi connectivity index (χ2v) is 9.25. The highest BCUT2D eigenvalue weighted by molar-refractivity contribution is 6.67. The van der Waals surface area contributed by atoms with Gasteiger partial charge >= 0.3 is 6.09 Å². The molecule has 0 radical (unpaired) electrons. The highest BCUT2D eigenvalue weighted by Crippen LogP contribution is 2.28. The summed E-state index contributed by atoms with van der Waals surface area (Å²) in [7, 11) is 0. The minimum atomic E-state index is -1.66. The highest BCUT2D eigenvalue weighted by Gasteiger charge is 2.24. The maximum Gasteiger partial charge on any atom is 0.412 e. The number of hydrogen-bond donors (Lipinski definition) is 1. The van der Waals surface area contributed by atoms with Crippen molar-refractivity contribution in [3.05, 3.63) is 41.6 Å². The van der Waals surface area contributed by atoms with Crippen LogP contribution in [0.3, 0.4) is 0 Å². The number of carbonyl (C=O) groups is 1. The van der Waals surface area contributed by atoms with Gasteiger partial charge in [0.2, 0.25) is 3.79 Å². The van der Waals surface area contributed by atoms with Gasteiger partial charge in [-0.05, 0) is 24.6 Å². The van der Waals surface area contributed by atoms with E-state index >= 15 is 0 Å². The topological polar surface area (TPSA) is 56.2 Å². The zero-order valence-electron chi connectivity index (χ0n) is 14.4. The summed E-state index contributed by atoms with van der Waals surface area (Å²) >= 11 is 16.8. The lowest BCUT2D eigenvalue weighted by atomic mass is 9.92. The zero-order chi connectivity index (χ0) is 18.8. The molecular weight excluding hydrogens is 385 g/mol. The largest absolute Gasteiger partial charge is 0.445 e. The standard InChI is InChI=1S/C17H20Cl3N3O2/c1-11-6-5-7-12(8-11)23-14(9-13(22-23)16(2,3)4)21-15(24)25-10-17(18,19)20/h5-9H,10H2,1-4H3,(H,21,24). The lowest BCUT2D eigenvalue weighted by Crippen LogP contribution is -2.22. The summed E-state index contributed by atoms with van der Waals surface area (Å²) in [5.41, 5.74) is 2.54. The van der Waals surface area contributed by atoms with Crippen molar-refractivity contribution in [1.82, 2.24) is 9.78 Å². The van der Waals surface area contributed by atoms with Gasteiger partial charge in [-0.2, -0.15) is 5.10 Å². The van der Waals surface area contributed by atoms with Gasteiger partial charge in [-0.15, -0.1) is 0 Å². The Bertz CT molecular complexity index is 761. The third kappa shape index (κ3) is 5.80. The van der Waals surface area contributed by atoms with Crippen molar-refractivity contribution in [2.75, 3.05) is 11.9 Å². The molecule has 0 fully saturated rings. The van der Waals surface area contributed by atoms with Gasteiger partial charge in [-0.3, -0.25) is 5.32 Å². The number of anilines is 1. The number of benzene rings is 1. The summed E-state index contributed by atoms with van der Waals surface area (Å²) in [6.45, 7) is 7.76. The van der Waals surface area contributed by atoms with Crippen LogP contribution in [0.25, 0.3) is 5.69 Å². The monoisotopic (exact) mass is 403 g/mol. The Morgan fingerprint density at radius 2 is 1.92 bits per heavy atom. The number of hydrogen-bond acceptors (Lipinski definition) is 3. The number of carbonyl (C=O) groups excluding carboxylic acids is 1. The molecule has 25 heavy (non-hydrogen) atoms. The molecule has 1 amide bonds. The number of ether oxygens (including phenoxy) is 1. The van der Waals surface area contributed by atoms with Crippen molar-refractivity contribution < 1.29 is 9.53 Å². The molecule has 1 heterocycles. The quantitative estimate of drug-likeness (QED) is 0.697. The molecule has 0 unspecified atom stereocenters. The molecule has 1 aromatic heterocycles. The maximum atomic E-state index is 12.0. The van der Waals surface area contributed by atoms with Gasteiger partial charge in [0.05, 0.1) is 11.4 Å². The first-order valence-corrected chi connectivity index (χ1v) is 8.77. The molecular formula is C17H20Cl3N3O2. The average molecular weight is 405 g/mol. The fourth-order valence-corrected chi connectivity index (χ4v) is 2.24. The third-order valence-electron chi connectivity index (χ3n) is 3.32. The van der Waals surface area contributed by atoms with Gasteiger partial charge in [0.15, 0.2) is 0 Å². The van der Waals surface area contributed by atoms with E-state index in [9.17, 15) is 4.79 Å². The van der Waals surface area contributed by atoms with E-state index < -0.39 is 9.89 Å². The Kier molecular flexibility index (Phi) is 5.92. The summed E-state index contributed by atoms with van der Waals surface area (Å²) in [6, 6.07) is 9.59. The summed E-state index contributed by atoms with van der Waals surface area (Å²) < 4.78 is 4.93. The average Bonchev–Trinajstić information content (AvgIpc) is 2.88. The smallest absolute Gasteiger partial charge is 0.412 e. The highest BCUT2D eigenvalue weighted by atomic mass is 35.6. The Hall–Kier alpha value is -1.43. The first-order chi connectivity index (χ1) is 11.5. The van der Waals surface area contributed by atoms with Gasteiger partial charge in [-0.25, -0.2) is 9.48 Å². The van der Waals surface area contributed by atoms with Crippen LogP contribution in [0.5, 0.6) is 0 Å². The molecule has 8 heteroatoms. The van der Waals surface area contributed by atoms with Crippen molar-refractivity contribution >= 4 is 46.7 Å². The second-order valence-electron chi connectivity index (χ2n) is 6.73. The van der Waals surface area contributed by atoms with Crippen molar-refractivity contribution in [1.29, 1.82) is 0 Å². The van der Waals surface area contributed by atoms with Gasteiger partial charge in [0.25, 0.3) is 0 Å². The number of alkyl halides is 3. The van der Waals surface area contributed by atoms with E-state index in [1.807, 2.05) is 52.0 Å². The predicted octanol–water partition coefficient (Wildman–Crippen LogP) is 5.40. The maximum absolute atomic E-state index is 12.0. The lowest BCUT2D eigenvalue weighted by molar-refractivity contribution is 0.163. The number of nitrogens with zero attached hydrogens (tertiary/aromatic N) is 2. The van der Waals surface area contributed by atoms with Crippen LogP contribution in [0, 0.1) is 6.92 Å². The molecule has 0 aliphatic heterocycles. The van der Waals surface area contributed by atoms with Crippen molar-refractivity contribution in [2.24, 2.45) is 0 Å². The Balaban J connectivity index is 2.32. The van der Waals surface area contributed by atoms with Crippen LogP contribution >= 0.6 is 34.8 Å². The number of nitrogens with one attached hydrogen (secondary N) is 1. The Labute approximate surface area is 162 Å². The number of aryl methyl sites for hydroxylation is 1. The minimum Gasteiger partial charge on any atom is -0.445 e. The lowest BCUT2D eigenvalue weighted by Gasteiger charge is -2.14. The van der Waals surface area contributed by atoms with Crippen molar-refractivity contribution in [2.45, 2.75) is 36.9 Å². The van der Waals surface area contributed by atoms with E-state index in [-0.39, 0.29) is 12.0 Å². The van der Waals surface area contributed by atoms with E-state index in [4.69, 9.17) is 39.5 Å². The molecule has 0 atom stereocenters. The summed E-state index contributed by atoms with van der Waals surface area (Å²) in [6.07, 6.45) is -0.722. The normalized spacial score (nSPS) is 12.1. The van der Waals surface area contributed by atoms with Crippen LogP contribution in [-0.2, 0) is 10.2 Å². The molecule has 0 spiro atoms. The molecule has 136 valence electrons. The van der Waals surface area contributed by atoms with Crippen LogP contribution in [0.1, 0.15) is 32.0 Å². The summed E-state index contributed by atoms with van der Waals surface area (Å²) in [5.74, 6) is 0.477. The van der Waals surface area contributed by atoms with E-state index in [2.05, 4.69) is 10.4 Å². The predicted molar refractivity (Wildman–Crippen MR) is 102 cm³/mol. The molecule has 2 aromatic rings. The molecule has 0 aliphatic rings. The Morgan fingerprint density at radius 1 is 1.24 bits per heavy atom. The second kappa shape index (κ2) is 7.44. The van der Waals surface area contributed by atoms with Crippen molar-refractivity contribution in [3.63, 3.8) is 0 Å².